The molecular weight excluding hydrogens is 603 g/mol. The van der Waals surface area contributed by atoms with Crippen LogP contribution in [0.1, 0.15) is 46.8 Å². The topological polar surface area (TPSA) is 104 Å². The van der Waals surface area contributed by atoms with Crippen LogP contribution in [-0.2, 0) is 33.2 Å². The maximum Gasteiger partial charge on any atom is 0.417 e. The number of anilines is 1. The van der Waals surface area contributed by atoms with Gasteiger partial charge in [0.2, 0.25) is 5.54 Å². The Morgan fingerprint density at radius 2 is 1.84 bits per heavy atom. The predicted molar refractivity (Wildman–Crippen MR) is 163 cm³/mol. The summed E-state index contributed by atoms with van der Waals surface area (Å²) in [7, 11) is 0. The number of aromatic nitrogens is 5. The van der Waals surface area contributed by atoms with Gasteiger partial charge in [-0.25, -0.2) is 14.6 Å². The number of imidazole rings is 1. The lowest BCUT2D eigenvalue weighted by atomic mass is 9.92. The van der Waals surface area contributed by atoms with Crippen molar-refractivity contribution in [1.29, 1.82) is 0 Å². The number of alkyl halides is 3. The van der Waals surface area contributed by atoms with Gasteiger partial charge in [0, 0.05) is 53.2 Å². The summed E-state index contributed by atoms with van der Waals surface area (Å²) in [4.78, 5) is 25.1. The second-order valence-electron chi connectivity index (χ2n) is 12.1. The molecule has 1 unspecified atom stereocenters. The van der Waals surface area contributed by atoms with Crippen LogP contribution in [0, 0.1) is 6.92 Å². The molecule has 0 bridgehead atoms. The quantitative estimate of drug-likeness (QED) is 0.275. The number of thiazole rings is 1. The largest absolute Gasteiger partial charge is 0.417 e. The van der Waals surface area contributed by atoms with Crippen molar-refractivity contribution < 1.29 is 22.7 Å². The molecule has 1 amide bonds. The number of rotatable bonds is 6. The minimum Gasteiger partial charge on any atom is -0.378 e. The van der Waals surface area contributed by atoms with Crippen LogP contribution in [-0.4, -0.2) is 56.5 Å². The molecule has 5 heterocycles. The highest BCUT2D eigenvalue weighted by Crippen LogP contribution is 2.54. The van der Waals surface area contributed by atoms with Crippen LogP contribution in [0.15, 0.2) is 54.4 Å². The summed E-state index contributed by atoms with van der Waals surface area (Å²) in [5.41, 5.74) is 7.47. The van der Waals surface area contributed by atoms with E-state index < -0.39 is 23.2 Å². The van der Waals surface area contributed by atoms with Crippen LogP contribution >= 0.6 is 11.3 Å². The third kappa shape index (κ3) is 4.16. The molecule has 13 heteroatoms. The summed E-state index contributed by atoms with van der Waals surface area (Å²) < 4.78 is 53.1. The lowest BCUT2D eigenvalue weighted by Gasteiger charge is -2.29. The summed E-state index contributed by atoms with van der Waals surface area (Å²) in [6, 6.07) is 8.68. The average Bonchev–Trinajstić information content (AvgIpc) is 3.48. The van der Waals surface area contributed by atoms with E-state index >= 15 is 0 Å². The first-order valence-electron chi connectivity index (χ1n) is 14.9. The smallest absolute Gasteiger partial charge is 0.378 e. The van der Waals surface area contributed by atoms with E-state index in [1.54, 1.807) is 24.8 Å². The van der Waals surface area contributed by atoms with Gasteiger partial charge in [-0.1, -0.05) is 12.1 Å². The number of nitrogens with two attached hydrogens (primary N) is 1. The van der Waals surface area contributed by atoms with Crippen molar-refractivity contribution in [2.45, 2.75) is 49.9 Å². The van der Waals surface area contributed by atoms with Crippen LogP contribution in [0.4, 0.5) is 18.9 Å². The molecule has 45 heavy (non-hydrogen) atoms. The third-order valence-electron chi connectivity index (χ3n) is 9.73. The fourth-order valence-electron chi connectivity index (χ4n) is 7.16. The zero-order valence-corrected chi connectivity index (χ0v) is 25.3. The second-order valence-corrected chi connectivity index (χ2v) is 13.0. The second kappa shape index (κ2) is 9.88. The first-order valence-corrected chi connectivity index (χ1v) is 15.8. The van der Waals surface area contributed by atoms with Crippen LogP contribution in [0.2, 0.25) is 0 Å². The number of benzene rings is 2. The van der Waals surface area contributed by atoms with Crippen molar-refractivity contribution in [2.75, 3.05) is 31.2 Å². The number of hydrogen-bond donors (Lipinski definition) is 1. The standard InChI is InChI=1S/C32H30F3N7O2S/c1-19-22(20-2-4-21(5-3-20)40-11-13-44-14-12-40)16-24(32(33,34)35)23-17-42(39-26(19)23)31(28(36)43,29-37-10-15-45-29)27-25-6-7-30(8-9-30)41(25)18-38-27/h2-5,10,15-18H,6-9,11-14H2,1H3,(H2,36,43). The van der Waals surface area contributed by atoms with Gasteiger partial charge in [-0.05, 0) is 67.5 Å². The van der Waals surface area contributed by atoms with E-state index in [1.165, 1.54) is 28.3 Å². The van der Waals surface area contributed by atoms with Gasteiger partial charge in [0.05, 0.1) is 30.6 Å². The number of morpholine rings is 1. The van der Waals surface area contributed by atoms with Gasteiger partial charge in [-0.3, -0.25) is 4.79 Å². The predicted octanol–water partition coefficient (Wildman–Crippen LogP) is 5.23. The number of primary amides is 1. The summed E-state index contributed by atoms with van der Waals surface area (Å²) in [6.45, 7) is 4.52. The van der Waals surface area contributed by atoms with E-state index in [9.17, 15) is 18.0 Å². The Labute approximate surface area is 260 Å². The Kier molecular flexibility index (Phi) is 6.21. The lowest BCUT2D eigenvalue weighted by molar-refractivity contribution is -0.136. The number of nitrogens with zero attached hydrogens (tertiary/aromatic N) is 6. The molecule has 8 rings (SSSR count). The van der Waals surface area contributed by atoms with Crippen LogP contribution in [0.25, 0.3) is 22.0 Å². The molecule has 2 fully saturated rings. The van der Waals surface area contributed by atoms with Crippen molar-refractivity contribution in [3.63, 3.8) is 0 Å². The molecule has 3 aromatic heterocycles. The number of aryl methyl sites for hydroxylation is 1. The van der Waals surface area contributed by atoms with Crippen molar-refractivity contribution in [1.82, 2.24) is 24.3 Å². The first-order chi connectivity index (χ1) is 21.6. The zero-order valence-electron chi connectivity index (χ0n) is 24.5. The normalized spacial score (nSPS) is 18.8. The third-order valence-corrected chi connectivity index (χ3v) is 10.6. The minimum atomic E-state index is -4.69. The summed E-state index contributed by atoms with van der Waals surface area (Å²) in [5, 5.41) is 6.64. The molecule has 3 aliphatic rings. The van der Waals surface area contributed by atoms with Gasteiger partial charge < -0.3 is 19.9 Å². The van der Waals surface area contributed by atoms with E-state index in [2.05, 4.69) is 14.5 Å². The molecule has 1 saturated carbocycles. The Balaban J connectivity index is 1.33. The van der Waals surface area contributed by atoms with Gasteiger partial charge in [0.1, 0.15) is 10.7 Å². The molecule has 1 saturated heterocycles. The maximum atomic E-state index is 14.8. The number of ether oxygens (including phenoxy) is 1. The Bertz CT molecular complexity index is 1940. The van der Waals surface area contributed by atoms with Crippen molar-refractivity contribution in [2.24, 2.45) is 5.73 Å². The number of amides is 1. The molecule has 9 nitrogen and oxygen atoms in total. The molecule has 1 spiro atoms. The Morgan fingerprint density at radius 3 is 2.49 bits per heavy atom. The average molecular weight is 634 g/mol. The van der Waals surface area contributed by atoms with E-state index in [-0.39, 0.29) is 16.4 Å². The zero-order chi connectivity index (χ0) is 31.1. The maximum absolute atomic E-state index is 14.8. The van der Waals surface area contributed by atoms with Crippen molar-refractivity contribution in [3.8, 4) is 11.1 Å². The molecule has 5 aromatic rings. The number of halogens is 3. The monoisotopic (exact) mass is 633 g/mol. The number of carbonyl (C=O) groups excluding carboxylic acids is 1. The first kappa shape index (κ1) is 28.3. The molecule has 232 valence electrons. The summed E-state index contributed by atoms with van der Waals surface area (Å²) >= 11 is 1.19. The van der Waals surface area contributed by atoms with E-state index in [0.29, 0.717) is 47.0 Å². The fraction of sp³-hybridized carbons (Fsp3) is 0.375. The molecule has 1 atom stereocenters. The van der Waals surface area contributed by atoms with E-state index in [1.807, 2.05) is 24.3 Å². The van der Waals surface area contributed by atoms with E-state index in [0.717, 1.165) is 43.7 Å². The minimum absolute atomic E-state index is 0.00601. The van der Waals surface area contributed by atoms with Gasteiger partial charge in [0.15, 0.2) is 0 Å². The lowest BCUT2D eigenvalue weighted by Crippen LogP contribution is -2.49. The van der Waals surface area contributed by atoms with Crippen LogP contribution in [0.5, 0.6) is 0 Å². The molecule has 2 aromatic carbocycles. The summed E-state index contributed by atoms with van der Waals surface area (Å²) in [5.74, 6) is -0.811. The van der Waals surface area contributed by atoms with Crippen molar-refractivity contribution in [3.05, 3.63) is 82.0 Å². The number of fused-ring (bicyclic) bond motifs is 3. The Hall–Kier alpha value is -4.23. The highest BCUT2D eigenvalue weighted by atomic mass is 32.1. The van der Waals surface area contributed by atoms with Crippen LogP contribution in [0.3, 0.4) is 0 Å². The molecule has 1 aliphatic carbocycles. The SMILES string of the molecule is Cc1c(-c2ccc(N3CCOCC3)cc2)cc(C(F)(F)F)c2cn(C(C(N)=O)(c3nccs3)c3ncn4c3CCC43CC3)nc12. The van der Waals surface area contributed by atoms with Gasteiger partial charge in [-0.2, -0.15) is 18.3 Å². The Morgan fingerprint density at radius 1 is 1.09 bits per heavy atom. The van der Waals surface area contributed by atoms with Crippen molar-refractivity contribution >= 4 is 33.8 Å². The molecule has 2 aliphatic heterocycles. The van der Waals surface area contributed by atoms with Gasteiger partial charge >= 0.3 is 6.18 Å². The van der Waals surface area contributed by atoms with Crippen LogP contribution < -0.4 is 10.6 Å². The highest BCUT2D eigenvalue weighted by Gasteiger charge is 2.55. The van der Waals surface area contributed by atoms with E-state index in [4.69, 9.17) is 20.6 Å². The molecule has 2 N–H and O–H groups in total. The summed E-state index contributed by atoms with van der Waals surface area (Å²) in [6.07, 6.45) is 3.50. The van der Waals surface area contributed by atoms with Gasteiger partial charge in [0.25, 0.3) is 5.91 Å². The highest BCUT2D eigenvalue weighted by molar-refractivity contribution is 7.09. The number of hydrogen-bond acceptors (Lipinski definition) is 7. The number of carbonyl (C=O) groups is 1. The molecule has 0 radical (unpaired) electrons. The fourth-order valence-corrected chi connectivity index (χ4v) is 7.99. The molecular formula is C32H30F3N7O2S. The van der Waals surface area contributed by atoms with Gasteiger partial charge in [-0.15, -0.1) is 11.3 Å².